The molecule has 4 N–H and O–H groups in total. The van der Waals surface area contributed by atoms with Crippen molar-refractivity contribution >= 4 is 17.7 Å². The summed E-state index contributed by atoms with van der Waals surface area (Å²) >= 11 is 0. The summed E-state index contributed by atoms with van der Waals surface area (Å²) in [6.45, 7) is 13.8. The largest absolute Gasteiger partial charge is 0.476 e. The molecule has 0 spiro atoms. The van der Waals surface area contributed by atoms with Crippen LogP contribution in [-0.4, -0.2) is 44.5 Å². The molecule has 0 fully saturated rings. The van der Waals surface area contributed by atoms with Gasteiger partial charge in [0.15, 0.2) is 0 Å². The number of rotatable bonds is 10. The zero-order valence-corrected chi connectivity index (χ0v) is 19.7. The average Bonchev–Trinajstić information content (AvgIpc) is 2.75. The van der Waals surface area contributed by atoms with Crippen LogP contribution in [0, 0.1) is 12.3 Å². The monoisotopic (exact) mass is 415 g/mol. The van der Waals surface area contributed by atoms with E-state index in [2.05, 4.69) is 29.0 Å². The highest BCUT2D eigenvalue weighted by Gasteiger charge is 2.08. The number of nitrogens with two attached hydrogens (primary N) is 1. The Kier molecular flexibility index (Phi) is 15.8. The van der Waals surface area contributed by atoms with Gasteiger partial charge in [-0.1, -0.05) is 57.5 Å². The van der Waals surface area contributed by atoms with Crippen LogP contribution in [0.3, 0.4) is 0 Å². The van der Waals surface area contributed by atoms with E-state index in [9.17, 15) is 0 Å². The zero-order chi connectivity index (χ0) is 22.8. The maximum absolute atomic E-state index is 6.92. The van der Waals surface area contributed by atoms with Crippen LogP contribution in [0.25, 0.3) is 0 Å². The highest BCUT2D eigenvalue weighted by atomic mass is 16.5. The number of benzene rings is 1. The minimum absolute atomic E-state index is 0.508. The van der Waals surface area contributed by atoms with Crippen LogP contribution >= 0.6 is 0 Å². The number of aromatic nitrogens is 1. The number of hydrogen-bond acceptors (Lipinski definition) is 6. The van der Waals surface area contributed by atoms with Gasteiger partial charge in [0.25, 0.3) is 0 Å². The molecule has 2 rings (SSSR count). The Morgan fingerprint density at radius 3 is 2.30 bits per heavy atom. The Balaban J connectivity index is 0.000000636. The first-order chi connectivity index (χ1) is 14.5. The fourth-order valence-electron chi connectivity index (χ4n) is 2.70. The lowest BCUT2D eigenvalue weighted by molar-refractivity contribution is 0.307. The van der Waals surface area contributed by atoms with Gasteiger partial charge in [-0.25, -0.2) is 0 Å². The third kappa shape index (κ3) is 11.4. The van der Waals surface area contributed by atoms with Crippen molar-refractivity contribution < 1.29 is 4.74 Å². The molecule has 0 saturated heterocycles. The van der Waals surface area contributed by atoms with Crippen LogP contribution in [0.5, 0.6) is 5.88 Å². The predicted octanol–water partition coefficient (Wildman–Crippen LogP) is 4.91. The van der Waals surface area contributed by atoms with Gasteiger partial charge in [-0.3, -0.25) is 0 Å². The van der Waals surface area contributed by atoms with E-state index in [0.29, 0.717) is 18.3 Å². The molecule has 1 aromatic heterocycles. The summed E-state index contributed by atoms with van der Waals surface area (Å²) in [7, 11) is 1.89. The van der Waals surface area contributed by atoms with Crippen LogP contribution < -0.4 is 20.7 Å². The summed E-state index contributed by atoms with van der Waals surface area (Å²) in [4.78, 5) is 6.53. The molecule has 0 unspecified atom stereocenters. The number of nitrogen functional groups attached to an aromatic ring is 1. The quantitative estimate of drug-likeness (QED) is 0.379. The number of hydrogen-bond donors (Lipinski definition) is 3. The Morgan fingerprint density at radius 1 is 1.13 bits per heavy atom. The van der Waals surface area contributed by atoms with Crippen molar-refractivity contribution in [2.75, 3.05) is 43.9 Å². The van der Waals surface area contributed by atoms with Gasteiger partial charge in [-0.2, -0.15) is 4.98 Å². The van der Waals surface area contributed by atoms with E-state index in [1.807, 2.05) is 64.2 Å². The van der Waals surface area contributed by atoms with Crippen molar-refractivity contribution in [2.24, 2.45) is 0 Å². The molecule has 1 heterocycles. The summed E-state index contributed by atoms with van der Waals surface area (Å²) in [5.41, 5.74) is 9.13. The van der Waals surface area contributed by atoms with Gasteiger partial charge in [-0.05, 0) is 32.4 Å². The molecule has 0 radical (unpaired) electrons. The maximum Gasteiger partial charge on any atom is 0.217 e. The Bertz CT molecular complexity index is 700. The first-order valence-electron chi connectivity index (χ1n) is 10.9. The summed E-state index contributed by atoms with van der Waals surface area (Å²) in [6.07, 6.45) is 3.57. The molecule has 2 aromatic rings. The van der Waals surface area contributed by atoms with E-state index in [1.54, 1.807) is 0 Å². The first kappa shape index (κ1) is 27.4. The van der Waals surface area contributed by atoms with Gasteiger partial charge >= 0.3 is 0 Å². The van der Waals surface area contributed by atoms with Gasteiger partial charge in [0.05, 0.1) is 0 Å². The zero-order valence-electron chi connectivity index (χ0n) is 19.7. The number of anilines is 2. The van der Waals surface area contributed by atoms with E-state index < -0.39 is 0 Å². The third-order valence-electron chi connectivity index (χ3n) is 3.97. The lowest BCUT2D eigenvalue weighted by Gasteiger charge is -2.24. The van der Waals surface area contributed by atoms with Gasteiger partial charge in [0.2, 0.25) is 5.88 Å². The van der Waals surface area contributed by atoms with Crippen LogP contribution in [0.4, 0.5) is 11.5 Å². The third-order valence-corrected chi connectivity index (χ3v) is 3.97. The van der Waals surface area contributed by atoms with Gasteiger partial charge < -0.3 is 26.1 Å². The highest BCUT2D eigenvalue weighted by Crippen LogP contribution is 2.23. The molecule has 30 heavy (non-hydrogen) atoms. The highest BCUT2D eigenvalue weighted by molar-refractivity contribution is 5.76. The van der Waals surface area contributed by atoms with E-state index in [1.165, 1.54) is 11.8 Å². The number of nitrogens with one attached hydrogen (secondary N) is 2. The smallest absolute Gasteiger partial charge is 0.217 e. The normalized spacial score (nSPS) is 9.53. The minimum Gasteiger partial charge on any atom is -0.476 e. The molecule has 0 aliphatic heterocycles. The second-order valence-corrected chi connectivity index (χ2v) is 6.59. The summed E-state index contributed by atoms with van der Waals surface area (Å²) < 4.78 is 5.59. The number of pyridine rings is 1. The second kappa shape index (κ2) is 17.3. The van der Waals surface area contributed by atoms with Crippen molar-refractivity contribution in [3.8, 4) is 5.88 Å². The Morgan fingerprint density at radius 2 is 1.80 bits per heavy atom. The topological polar surface area (TPSA) is 87.3 Å². The molecule has 1 aromatic carbocycles. The summed E-state index contributed by atoms with van der Waals surface area (Å²) in [5, 5.41) is 9.95. The number of ether oxygens (including phenoxy) is 1. The van der Waals surface area contributed by atoms with E-state index in [4.69, 9.17) is 15.9 Å². The molecular formula is C24H41N5O. The molecule has 0 amide bonds. The predicted molar refractivity (Wildman–Crippen MR) is 131 cm³/mol. The number of nitrogens with zero attached hydrogens (tertiary/aromatic N) is 2. The van der Waals surface area contributed by atoms with Crippen molar-refractivity contribution in [3.05, 3.63) is 47.5 Å². The SMILES string of the molecule is CC.CCCN(CCC)c1cc(N)nc(OCCNC)c1.Cc1cccc(C=N)c1. The average molecular weight is 416 g/mol. The Hall–Kier alpha value is -2.60. The first-order valence-corrected chi connectivity index (χ1v) is 10.9. The molecule has 168 valence electrons. The van der Waals surface area contributed by atoms with Gasteiger partial charge in [0, 0.05) is 43.7 Å². The van der Waals surface area contributed by atoms with E-state index in [-0.39, 0.29) is 0 Å². The molecule has 0 saturated carbocycles. The summed E-state index contributed by atoms with van der Waals surface area (Å²) in [6, 6.07) is 11.8. The van der Waals surface area contributed by atoms with Crippen molar-refractivity contribution in [1.82, 2.24) is 10.3 Å². The molecule has 6 nitrogen and oxygen atoms in total. The van der Waals surface area contributed by atoms with Crippen molar-refractivity contribution in [1.29, 1.82) is 5.41 Å². The molecule has 0 atom stereocenters. The molecule has 0 bridgehead atoms. The Labute approximate surface area is 183 Å². The second-order valence-electron chi connectivity index (χ2n) is 6.59. The van der Waals surface area contributed by atoms with Crippen LogP contribution in [0.15, 0.2) is 36.4 Å². The minimum atomic E-state index is 0.508. The van der Waals surface area contributed by atoms with Gasteiger partial charge in [0.1, 0.15) is 12.4 Å². The lowest BCUT2D eigenvalue weighted by atomic mass is 10.2. The number of likely N-dealkylation sites (N-methyl/N-ethyl adjacent to an activating group) is 1. The summed E-state index contributed by atoms with van der Waals surface area (Å²) in [5.74, 6) is 1.11. The fraction of sp³-hybridized carbons (Fsp3) is 0.500. The molecular weight excluding hydrogens is 374 g/mol. The van der Waals surface area contributed by atoms with Crippen molar-refractivity contribution in [2.45, 2.75) is 47.5 Å². The molecule has 0 aliphatic carbocycles. The standard InChI is InChI=1S/C14H26N4O.C8H9N.C2H6/c1-4-7-18(8-5-2)12-10-13(15)17-14(11-12)19-9-6-16-3;1-7-3-2-4-8(5-7)6-9;1-2/h10-11,16H,4-9H2,1-3H3,(H2,15,17);2-6,9H,1H3;1-2H3. The van der Waals surface area contributed by atoms with E-state index >= 15 is 0 Å². The van der Waals surface area contributed by atoms with Crippen molar-refractivity contribution in [3.63, 3.8) is 0 Å². The fourth-order valence-corrected chi connectivity index (χ4v) is 2.70. The molecule has 6 heteroatoms. The lowest BCUT2D eigenvalue weighted by Crippen LogP contribution is -2.25. The van der Waals surface area contributed by atoms with Crippen LogP contribution in [0.1, 0.15) is 51.7 Å². The molecule has 0 aliphatic rings. The van der Waals surface area contributed by atoms with Gasteiger partial charge in [-0.15, -0.1) is 0 Å². The van der Waals surface area contributed by atoms with Crippen LogP contribution in [-0.2, 0) is 0 Å². The van der Waals surface area contributed by atoms with E-state index in [0.717, 1.165) is 43.7 Å². The number of aryl methyl sites for hydroxylation is 1. The maximum atomic E-state index is 6.92. The van der Waals surface area contributed by atoms with Crippen LogP contribution in [0.2, 0.25) is 0 Å².